The molecule has 1 aliphatic carbocycles. The van der Waals surface area contributed by atoms with Crippen LogP contribution in [0.25, 0.3) is 0 Å². The molecule has 19 heavy (non-hydrogen) atoms. The van der Waals surface area contributed by atoms with Gasteiger partial charge in [0, 0.05) is 23.7 Å². The van der Waals surface area contributed by atoms with Crippen LogP contribution in [0.3, 0.4) is 0 Å². The monoisotopic (exact) mass is 335 g/mol. The van der Waals surface area contributed by atoms with Crippen molar-refractivity contribution in [1.29, 1.82) is 0 Å². The quantitative estimate of drug-likeness (QED) is 0.805. The third-order valence-electron chi connectivity index (χ3n) is 2.88. The Morgan fingerprint density at radius 3 is 2.79 bits per heavy atom. The first kappa shape index (κ1) is 14.7. The standard InChI is InChI=1S/C13H16BrF2NO2/c14-11-3-9(15)4-12(16)13(11)17-5-10(18)7-19-6-8-1-2-8/h3-4,8,10,17-18H,1-2,5-7H2. The van der Waals surface area contributed by atoms with Crippen molar-refractivity contribution in [2.45, 2.75) is 18.9 Å². The average molecular weight is 336 g/mol. The van der Waals surface area contributed by atoms with Gasteiger partial charge < -0.3 is 15.2 Å². The van der Waals surface area contributed by atoms with Crippen LogP contribution in [-0.4, -0.2) is 31.0 Å². The SMILES string of the molecule is OC(CNc1c(F)cc(F)cc1Br)COCC1CC1. The highest BCUT2D eigenvalue weighted by Crippen LogP contribution is 2.29. The second-order valence-electron chi connectivity index (χ2n) is 4.76. The molecule has 0 aromatic heterocycles. The molecule has 0 heterocycles. The summed E-state index contributed by atoms with van der Waals surface area (Å²) in [4.78, 5) is 0. The summed E-state index contributed by atoms with van der Waals surface area (Å²) in [5, 5.41) is 12.4. The molecule has 1 unspecified atom stereocenters. The van der Waals surface area contributed by atoms with Crippen LogP contribution in [0.2, 0.25) is 0 Å². The number of halogens is 3. The van der Waals surface area contributed by atoms with E-state index in [-0.39, 0.29) is 23.3 Å². The second-order valence-corrected chi connectivity index (χ2v) is 5.61. The van der Waals surface area contributed by atoms with Crippen molar-refractivity contribution in [1.82, 2.24) is 0 Å². The van der Waals surface area contributed by atoms with Crippen molar-refractivity contribution >= 4 is 21.6 Å². The molecule has 1 aromatic rings. The Bertz CT molecular complexity index is 418. The van der Waals surface area contributed by atoms with Gasteiger partial charge in [0.1, 0.15) is 11.6 Å². The number of benzene rings is 1. The number of hydrogen-bond donors (Lipinski definition) is 2. The lowest BCUT2D eigenvalue weighted by Crippen LogP contribution is -2.25. The molecule has 1 atom stereocenters. The van der Waals surface area contributed by atoms with E-state index in [9.17, 15) is 13.9 Å². The van der Waals surface area contributed by atoms with Crippen LogP contribution >= 0.6 is 15.9 Å². The molecule has 106 valence electrons. The van der Waals surface area contributed by atoms with Gasteiger partial charge in [-0.3, -0.25) is 0 Å². The van der Waals surface area contributed by atoms with E-state index in [4.69, 9.17) is 4.74 Å². The number of nitrogens with one attached hydrogen (secondary N) is 1. The minimum absolute atomic E-state index is 0.141. The zero-order chi connectivity index (χ0) is 13.8. The largest absolute Gasteiger partial charge is 0.389 e. The van der Waals surface area contributed by atoms with Crippen LogP contribution in [0.15, 0.2) is 16.6 Å². The summed E-state index contributed by atoms with van der Waals surface area (Å²) < 4.78 is 32.0. The van der Waals surface area contributed by atoms with Crippen LogP contribution in [0, 0.1) is 17.6 Å². The first-order chi connectivity index (χ1) is 9.06. The van der Waals surface area contributed by atoms with Gasteiger partial charge in [-0.25, -0.2) is 8.78 Å². The Kier molecular flexibility index (Phi) is 5.13. The lowest BCUT2D eigenvalue weighted by Gasteiger charge is -2.14. The highest BCUT2D eigenvalue weighted by molar-refractivity contribution is 9.10. The fourth-order valence-corrected chi connectivity index (χ4v) is 2.19. The molecule has 6 heteroatoms. The summed E-state index contributed by atoms with van der Waals surface area (Å²) in [5.74, 6) is -0.704. The summed E-state index contributed by atoms with van der Waals surface area (Å²) in [6.45, 7) is 1.03. The Morgan fingerprint density at radius 2 is 2.16 bits per heavy atom. The molecule has 0 amide bonds. The maximum absolute atomic E-state index is 13.5. The normalized spacial score (nSPS) is 16.4. The van der Waals surface area contributed by atoms with E-state index < -0.39 is 17.7 Å². The molecule has 0 bridgehead atoms. The molecule has 0 aliphatic heterocycles. The molecule has 0 radical (unpaired) electrons. The van der Waals surface area contributed by atoms with Gasteiger partial charge in [0.05, 0.1) is 18.4 Å². The number of aliphatic hydroxyl groups is 1. The number of hydrogen-bond acceptors (Lipinski definition) is 3. The zero-order valence-electron chi connectivity index (χ0n) is 10.3. The first-order valence-electron chi connectivity index (χ1n) is 6.20. The van der Waals surface area contributed by atoms with E-state index in [0.717, 1.165) is 6.07 Å². The van der Waals surface area contributed by atoms with Gasteiger partial charge in [-0.1, -0.05) is 0 Å². The van der Waals surface area contributed by atoms with E-state index >= 15 is 0 Å². The maximum Gasteiger partial charge on any atom is 0.150 e. The Hall–Kier alpha value is -0.720. The number of aliphatic hydroxyl groups excluding tert-OH is 1. The minimum Gasteiger partial charge on any atom is -0.389 e. The van der Waals surface area contributed by atoms with Gasteiger partial charge in [0.2, 0.25) is 0 Å². The molecule has 2 N–H and O–H groups in total. The second kappa shape index (κ2) is 6.63. The number of ether oxygens (including phenoxy) is 1. The molecular weight excluding hydrogens is 320 g/mol. The first-order valence-corrected chi connectivity index (χ1v) is 6.99. The average Bonchev–Trinajstić information content (AvgIpc) is 3.11. The van der Waals surface area contributed by atoms with Gasteiger partial charge in [-0.05, 0) is 40.8 Å². The predicted molar refractivity (Wildman–Crippen MR) is 72.1 cm³/mol. The molecule has 2 rings (SSSR count). The molecule has 1 saturated carbocycles. The van der Waals surface area contributed by atoms with Gasteiger partial charge in [0.15, 0.2) is 0 Å². The predicted octanol–water partition coefficient (Wildman–Crippen LogP) is 2.93. The number of rotatable bonds is 7. The summed E-state index contributed by atoms with van der Waals surface area (Å²) in [6.07, 6.45) is 1.67. The van der Waals surface area contributed by atoms with Crippen LogP contribution in [-0.2, 0) is 4.74 Å². The molecule has 0 saturated heterocycles. The van der Waals surface area contributed by atoms with Crippen molar-refractivity contribution in [2.24, 2.45) is 5.92 Å². The van der Waals surface area contributed by atoms with Gasteiger partial charge in [-0.2, -0.15) is 0 Å². The van der Waals surface area contributed by atoms with Gasteiger partial charge in [0.25, 0.3) is 0 Å². The molecular formula is C13H16BrF2NO2. The minimum atomic E-state index is -0.727. The van der Waals surface area contributed by atoms with Crippen LogP contribution in [0.1, 0.15) is 12.8 Å². The van der Waals surface area contributed by atoms with E-state index in [1.54, 1.807) is 0 Å². The molecule has 1 aromatic carbocycles. The Labute approximate surface area is 119 Å². The van der Waals surface area contributed by atoms with Crippen LogP contribution in [0.4, 0.5) is 14.5 Å². The fraction of sp³-hybridized carbons (Fsp3) is 0.538. The van der Waals surface area contributed by atoms with Crippen molar-refractivity contribution in [3.8, 4) is 0 Å². The van der Waals surface area contributed by atoms with Crippen molar-refractivity contribution in [2.75, 3.05) is 25.1 Å². The smallest absolute Gasteiger partial charge is 0.150 e. The third kappa shape index (κ3) is 4.71. The highest BCUT2D eigenvalue weighted by Gasteiger charge is 2.21. The summed E-state index contributed by atoms with van der Waals surface area (Å²) in [7, 11) is 0. The Morgan fingerprint density at radius 1 is 1.42 bits per heavy atom. The van der Waals surface area contributed by atoms with Crippen molar-refractivity contribution in [3.05, 3.63) is 28.2 Å². The molecule has 1 fully saturated rings. The summed E-state index contributed by atoms with van der Waals surface area (Å²) >= 11 is 3.07. The highest BCUT2D eigenvalue weighted by atomic mass is 79.9. The lowest BCUT2D eigenvalue weighted by atomic mass is 10.2. The van der Waals surface area contributed by atoms with E-state index in [1.807, 2.05) is 0 Å². The maximum atomic E-state index is 13.5. The topological polar surface area (TPSA) is 41.5 Å². The van der Waals surface area contributed by atoms with Crippen LogP contribution in [0.5, 0.6) is 0 Å². The Balaban J connectivity index is 1.77. The third-order valence-corrected chi connectivity index (χ3v) is 3.51. The van der Waals surface area contributed by atoms with Crippen molar-refractivity contribution < 1.29 is 18.6 Å². The van der Waals surface area contributed by atoms with Crippen LogP contribution < -0.4 is 5.32 Å². The van der Waals surface area contributed by atoms with Crippen molar-refractivity contribution in [3.63, 3.8) is 0 Å². The molecule has 3 nitrogen and oxygen atoms in total. The number of anilines is 1. The van der Waals surface area contributed by atoms with E-state index in [2.05, 4.69) is 21.2 Å². The summed E-state index contributed by atoms with van der Waals surface area (Å²) in [5.41, 5.74) is 0.141. The fourth-order valence-electron chi connectivity index (χ4n) is 1.65. The zero-order valence-corrected chi connectivity index (χ0v) is 11.9. The molecule has 0 spiro atoms. The molecule has 1 aliphatic rings. The van der Waals surface area contributed by atoms with Gasteiger partial charge in [-0.15, -0.1) is 0 Å². The van der Waals surface area contributed by atoms with E-state index in [0.29, 0.717) is 12.5 Å². The van der Waals surface area contributed by atoms with E-state index in [1.165, 1.54) is 18.9 Å². The van der Waals surface area contributed by atoms with Gasteiger partial charge >= 0.3 is 0 Å². The lowest BCUT2D eigenvalue weighted by molar-refractivity contribution is 0.0386. The summed E-state index contributed by atoms with van der Waals surface area (Å²) in [6, 6.07) is 1.96.